The number of nitrogens with one attached hydrogen (secondary N) is 2. The standard InChI is InChI=1S/C17H10Br2FN3O2S/c18-10-8-14(26-15(10)19)17(25)23-13-7-9(20)4-5-11(13)22-16(24)12-3-1-2-6-21-12/h1-8H,(H,22,24)(H,23,25). The fourth-order valence-corrected chi connectivity index (χ4v) is 3.99. The number of hydrogen-bond donors (Lipinski definition) is 2. The van der Waals surface area contributed by atoms with E-state index in [0.29, 0.717) is 4.88 Å². The maximum atomic E-state index is 13.6. The molecule has 9 heteroatoms. The highest BCUT2D eigenvalue weighted by molar-refractivity contribution is 9.13. The van der Waals surface area contributed by atoms with E-state index in [4.69, 9.17) is 0 Å². The van der Waals surface area contributed by atoms with Crippen LogP contribution in [0.3, 0.4) is 0 Å². The van der Waals surface area contributed by atoms with Crippen LogP contribution in [0.1, 0.15) is 20.2 Å². The Hall–Kier alpha value is -2.10. The molecular weight excluding hydrogens is 489 g/mol. The van der Waals surface area contributed by atoms with Gasteiger partial charge in [0.25, 0.3) is 11.8 Å². The molecule has 2 heterocycles. The van der Waals surface area contributed by atoms with Crippen LogP contribution in [0.25, 0.3) is 0 Å². The van der Waals surface area contributed by atoms with E-state index in [9.17, 15) is 14.0 Å². The van der Waals surface area contributed by atoms with E-state index < -0.39 is 17.6 Å². The lowest BCUT2D eigenvalue weighted by atomic mass is 10.2. The molecule has 0 saturated carbocycles. The van der Waals surface area contributed by atoms with Crippen LogP contribution >= 0.6 is 43.2 Å². The summed E-state index contributed by atoms with van der Waals surface area (Å²) in [4.78, 5) is 29.1. The summed E-state index contributed by atoms with van der Waals surface area (Å²) in [6.45, 7) is 0. The number of carbonyl (C=O) groups excluding carboxylic acids is 2. The fraction of sp³-hybridized carbons (Fsp3) is 0. The number of amides is 2. The summed E-state index contributed by atoms with van der Waals surface area (Å²) in [5, 5.41) is 5.25. The second-order valence-corrected chi connectivity index (χ2v) is 8.27. The third-order valence-corrected chi connectivity index (χ3v) is 6.50. The van der Waals surface area contributed by atoms with E-state index in [2.05, 4.69) is 47.5 Å². The van der Waals surface area contributed by atoms with Gasteiger partial charge in [0, 0.05) is 10.7 Å². The zero-order chi connectivity index (χ0) is 18.7. The van der Waals surface area contributed by atoms with E-state index in [0.717, 1.165) is 14.3 Å². The number of aromatic nitrogens is 1. The summed E-state index contributed by atoms with van der Waals surface area (Å²) in [5.74, 6) is -1.42. The summed E-state index contributed by atoms with van der Waals surface area (Å²) in [6, 6.07) is 10.3. The zero-order valence-electron chi connectivity index (χ0n) is 12.9. The number of hydrogen-bond acceptors (Lipinski definition) is 4. The molecule has 0 saturated heterocycles. The van der Waals surface area contributed by atoms with Gasteiger partial charge in [-0.05, 0) is 68.3 Å². The number of anilines is 2. The molecule has 0 atom stereocenters. The monoisotopic (exact) mass is 497 g/mol. The Morgan fingerprint density at radius 2 is 1.77 bits per heavy atom. The molecule has 0 aliphatic heterocycles. The van der Waals surface area contributed by atoms with Crippen LogP contribution in [0.2, 0.25) is 0 Å². The molecule has 3 aromatic rings. The van der Waals surface area contributed by atoms with Crippen molar-refractivity contribution in [2.45, 2.75) is 0 Å². The Balaban J connectivity index is 1.84. The van der Waals surface area contributed by atoms with Crippen LogP contribution in [-0.2, 0) is 0 Å². The van der Waals surface area contributed by atoms with E-state index in [1.807, 2.05) is 0 Å². The molecule has 0 fully saturated rings. The molecule has 0 spiro atoms. The Bertz CT molecular complexity index is 960. The predicted molar refractivity (Wildman–Crippen MR) is 106 cm³/mol. The van der Waals surface area contributed by atoms with Crippen molar-refractivity contribution in [3.8, 4) is 0 Å². The van der Waals surface area contributed by atoms with Crippen LogP contribution < -0.4 is 10.6 Å². The number of thiophene rings is 1. The van der Waals surface area contributed by atoms with Crippen molar-refractivity contribution in [1.82, 2.24) is 4.98 Å². The molecule has 0 unspecified atom stereocenters. The van der Waals surface area contributed by atoms with Crippen molar-refractivity contribution in [2.75, 3.05) is 10.6 Å². The van der Waals surface area contributed by atoms with Crippen LogP contribution in [0.15, 0.2) is 56.9 Å². The molecular formula is C17H10Br2FN3O2S. The number of halogens is 3. The summed E-state index contributed by atoms with van der Waals surface area (Å²) in [6.07, 6.45) is 1.49. The normalized spacial score (nSPS) is 10.4. The molecule has 26 heavy (non-hydrogen) atoms. The lowest BCUT2D eigenvalue weighted by molar-refractivity contribution is 0.101. The largest absolute Gasteiger partial charge is 0.319 e. The molecule has 1 aromatic carbocycles. The predicted octanol–water partition coefficient (Wildman–Crippen LogP) is 5.31. The first-order chi connectivity index (χ1) is 12.4. The molecule has 0 aliphatic rings. The highest BCUT2D eigenvalue weighted by Crippen LogP contribution is 2.33. The Morgan fingerprint density at radius 1 is 1.00 bits per heavy atom. The summed E-state index contributed by atoms with van der Waals surface area (Å²) >= 11 is 7.87. The maximum absolute atomic E-state index is 13.6. The van der Waals surface area contributed by atoms with Gasteiger partial charge in [0.2, 0.25) is 0 Å². The van der Waals surface area contributed by atoms with Gasteiger partial charge in [-0.2, -0.15) is 0 Å². The number of nitrogens with zero attached hydrogens (tertiary/aromatic N) is 1. The fourth-order valence-electron chi connectivity index (χ4n) is 2.05. The van der Waals surface area contributed by atoms with E-state index in [-0.39, 0.29) is 17.1 Å². The third kappa shape index (κ3) is 4.35. The lowest BCUT2D eigenvalue weighted by Crippen LogP contribution is -2.17. The quantitative estimate of drug-likeness (QED) is 0.512. The van der Waals surface area contributed by atoms with Crippen molar-refractivity contribution in [3.05, 3.63) is 73.3 Å². The molecule has 0 radical (unpaired) electrons. The van der Waals surface area contributed by atoms with Gasteiger partial charge in [-0.25, -0.2) is 4.39 Å². The first-order valence-electron chi connectivity index (χ1n) is 7.22. The number of benzene rings is 1. The molecule has 0 aliphatic carbocycles. The van der Waals surface area contributed by atoms with Gasteiger partial charge in [0.1, 0.15) is 11.5 Å². The van der Waals surface area contributed by atoms with Gasteiger partial charge < -0.3 is 10.6 Å². The van der Waals surface area contributed by atoms with Crippen molar-refractivity contribution < 1.29 is 14.0 Å². The van der Waals surface area contributed by atoms with Crippen LogP contribution in [-0.4, -0.2) is 16.8 Å². The Morgan fingerprint density at radius 3 is 2.42 bits per heavy atom. The Kier molecular flexibility index (Phi) is 5.80. The summed E-state index contributed by atoms with van der Waals surface area (Å²) in [7, 11) is 0. The molecule has 5 nitrogen and oxygen atoms in total. The third-order valence-electron chi connectivity index (χ3n) is 3.24. The van der Waals surface area contributed by atoms with Gasteiger partial charge >= 0.3 is 0 Å². The zero-order valence-corrected chi connectivity index (χ0v) is 16.9. The number of pyridine rings is 1. The van der Waals surface area contributed by atoms with Crippen molar-refractivity contribution in [3.63, 3.8) is 0 Å². The average molecular weight is 499 g/mol. The minimum absolute atomic E-state index is 0.153. The second-order valence-electron chi connectivity index (χ2n) is 5.05. The first-order valence-corrected chi connectivity index (χ1v) is 9.62. The van der Waals surface area contributed by atoms with Crippen molar-refractivity contribution >= 4 is 66.4 Å². The highest BCUT2D eigenvalue weighted by atomic mass is 79.9. The van der Waals surface area contributed by atoms with Gasteiger partial charge in [-0.3, -0.25) is 14.6 Å². The number of rotatable bonds is 4. The van der Waals surface area contributed by atoms with Crippen molar-refractivity contribution in [1.29, 1.82) is 0 Å². The summed E-state index contributed by atoms with van der Waals surface area (Å²) < 4.78 is 15.2. The second kappa shape index (κ2) is 8.07. The van der Waals surface area contributed by atoms with E-state index in [1.54, 1.807) is 24.3 Å². The van der Waals surface area contributed by atoms with Crippen LogP contribution in [0.4, 0.5) is 15.8 Å². The maximum Gasteiger partial charge on any atom is 0.274 e. The molecule has 132 valence electrons. The minimum atomic E-state index is -0.537. The van der Waals surface area contributed by atoms with Gasteiger partial charge in [-0.15, -0.1) is 11.3 Å². The molecule has 2 aromatic heterocycles. The van der Waals surface area contributed by atoms with Gasteiger partial charge in [0.05, 0.1) is 20.0 Å². The first kappa shape index (κ1) is 18.7. The molecule has 2 N–H and O–H groups in total. The smallest absolute Gasteiger partial charge is 0.274 e. The molecule has 2 amide bonds. The van der Waals surface area contributed by atoms with Gasteiger partial charge in [-0.1, -0.05) is 6.07 Å². The average Bonchev–Trinajstić information content (AvgIpc) is 2.97. The van der Waals surface area contributed by atoms with E-state index in [1.165, 1.54) is 29.7 Å². The topological polar surface area (TPSA) is 71.1 Å². The highest BCUT2D eigenvalue weighted by Gasteiger charge is 2.16. The van der Waals surface area contributed by atoms with Crippen LogP contribution in [0, 0.1) is 5.82 Å². The minimum Gasteiger partial charge on any atom is -0.319 e. The Labute approximate surface area is 168 Å². The van der Waals surface area contributed by atoms with Gasteiger partial charge in [0.15, 0.2) is 0 Å². The SMILES string of the molecule is O=C(Nc1ccc(F)cc1NC(=O)c1cc(Br)c(Br)s1)c1ccccn1. The molecule has 0 bridgehead atoms. The van der Waals surface area contributed by atoms with E-state index >= 15 is 0 Å². The summed E-state index contributed by atoms with van der Waals surface area (Å²) in [5.41, 5.74) is 0.630. The van der Waals surface area contributed by atoms with Crippen molar-refractivity contribution in [2.24, 2.45) is 0 Å². The number of carbonyl (C=O) groups is 2. The van der Waals surface area contributed by atoms with Crippen LogP contribution in [0.5, 0.6) is 0 Å². The molecule has 3 rings (SSSR count). The lowest BCUT2D eigenvalue weighted by Gasteiger charge is -2.12.